The summed E-state index contributed by atoms with van der Waals surface area (Å²) in [6.45, 7) is 3.54. The summed E-state index contributed by atoms with van der Waals surface area (Å²) >= 11 is -0.218. The molecular formula is C3H8S2Sn. The first-order valence-corrected chi connectivity index (χ1v) is 7.69. The maximum Gasteiger partial charge on any atom is -0.197 e. The largest absolute Gasteiger partial charge is 0.197 e. The van der Waals surface area contributed by atoms with Crippen LogP contribution in [0.15, 0.2) is 12.7 Å². The molecule has 6 heavy (non-hydrogen) atoms. The zero-order valence-electron chi connectivity index (χ0n) is 3.44. The van der Waals surface area contributed by atoms with Crippen molar-refractivity contribution in [1.82, 2.24) is 0 Å². The maximum absolute atomic E-state index is 4.10. The summed E-state index contributed by atoms with van der Waals surface area (Å²) in [5.41, 5.74) is 0. The van der Waals surface area contributed by atoms with Crippen LogP contribution in [0, 0.1) is 0 Å². The molecule has 0 unspecified atom stereocenters. The van der Waals surface area contributed by atoms with E-state index in [2.05, 4.69) is 16.4 Å². The Morgan fingerprint density at radius 2 is 2.33 bits per heavy atom. The van der Waals surface area contributed by atoms with Crippen molar-refractivity contribution in [1.29, 1.82) is 0 Å². The van der Waals surface area contributed by atoms with Gasteiger partial charge < -0.3 is 0 Å². The molecule has 36 valence electrons. The van der Waals surface area contributed by atoms with Crippen LogP contribution in [-0.2, 0) is 0 Å². The Labute approximate surface area is 59.9 Å². The molecule has 0 fully saturated rings. The van der Waals surface area contributed by atoms with Crippen LogP contribution in [0.5, 0.6) is 0 Å². The predicted molar refractivity (Wildman–Crippen MR) is 40.1 cm³/mol. The second-order valence-electron chi connectivity index (χ2n) is 0.651. The van der Waals surface area contributed by atoms with Crippen molar-refractivity contribution in [3.63, 3.8) is 0 Å². The van der Waals surface area contributed by atoms with Crippen molar-refractivity contribution in [3.05, 3.63) is 12.7 Å². The molecule has 0 rings (SSSR count). The van der Waals surface area contributed by atoms with Gasteiger partial charge in [0, 0.05) is 0 Å². The van der Waals surface area contributed by atoms with Crippen LogP contribution >= 0.6 is 23.3 Å². The predicted octanol–water partition coefficient (Wildman–Crippen LogP) is 1.25. The van der Waals surface area contributed by atoms with Crippen molar-refractivity contribution in [2.75, 3.05) is 0 Å². The average molecular weight is 227 g/mol. The molecule has 2 radical (unpaired) electrons. The van der Waals surface area contributed by atoms with Crippen LogP contribution in [0.1, 0.15) is 0 Å². The number of rotatable bonds is 2. The zero-order chi connectivity index (χ0) is 4.12. The quantitative estimate of drug-likeness (QED) is 0.409. The molecule has 0 nitrogen and oxygen atoms in total. The summed E-state index contributed by atoms with van der Waals surface area (Å²) in [6, 6.07) is 0. The molecule has 0 spiro atoms. The first kappa shape index (κ1) is 10.3. The summed E-state index contributed by atoms with van der Waals surface area (Å²) in [4.78, 5) is 0. The van der Waals surface area contributed by atoms with Crippen LogP contribution < -0.4 is 0 Å². The topological polar surface area (TPSA) is 0 Å². The SMILES string of the molecule is C=C[CH2][Sn][SH].S. The molecule has 0 atom stereocenters. The minimum atomic E-state index is -0.218. The van der Waals surface area contributed by atoms with Gasteiger partial charge in [0.05, 0.1) is 0 Å². The van der Waals surface area contributed by atoms with Crippen LogP contribution in [0.2, 0.25) is 4.44 Å². The van der Waals surface area contributed by atoms with Crippen molar-refractivity contribution in [2.45, 2.75) is 4.44 Å². The zero-order valence-corrected chi connectivity index (χ0v) is 8.19. The summed E-state index contributed by atoms with van der Waals surface area (Å²) in [7, 11) is 4.10. The minimum Gasteiger partial charge on any atom is -0.197 e. The molecule has 0 aliphatic rings. The van der Waals surface area contributed by atoms with E-state index in [1.54, 1.807) is 0 Å². The molecule has 0 bridgehead atoms. The smallest absolute Gasteiger partial charge is 0.197 e. The fourth-order valence-electron chi connectivity index (χ4n) is 0.0645. The molecule has 0 aliphatic carbocycles. The summed E-state index contributed by atoms with van der Waals surface area (Å²) < 4.78 is 1.19. The number of hydrogen-bond acceptors (Lipinski definition) is 1. The summed E-state index contributed by atoms with van der Waals surface area (Å²) in [5, 5.41) is 0. The van der Waals surface area contributed by atoms with E-state index < -0.39 is 0 Å². The van der Waals surface area contributed by atoms with Crippen molar-refractivity contribution in [2.24, 2.45) is 0 Å². The fraction of sp³-hybridized carbons (Fsp3) is 0.333. The van der Waals surface area contributed by atoms with Gasteiger partial charge in [0.15, 0.2) is 0 Å². The first-order valence-electron chi connectivity index (χ1n) is 1.39. The van der Waals surface area contributed by atoms with E-state index in [1.807, 2.05) is 6.08 Å². The molecular weight excluding hydrogens is 219 g/mol. The maximum atomic E-state index is 4.10. The van der Waals surface area contributed by atoms with E-state index in [0.717, 1.165) is 0 Å². The second kappa shape index (κ2) is 9.53. The average Bonchev–Trinajstić information content (AvgIpc) is 1.41. The van der Waals surface area contributed by atoms with Gasteiger partial charge in [-0.15, -0.1) is 0 Å². The van der Waals surface area contributed by atoms with Crippen LogP contribution in [0.25, 0.3) is 0 Å². The Kier molecular flexibility index (Phi) is 16.3. The van der Waals surface area contributed by atoms with Gasteiger partial charge in [-0.25, -0.2) is 0 Å². The molecule has 0 amide bonds. The fourth-order valence-corrected chi connectivity index (χ4v) is 1.30. The Balaban J connectivity index is 0. The van der Waals surface area contributed by atoms with Gasteiger partial charge in [-0.2, -0.15) is 13.5 Å². The van der Waals surface area contributed by atoms with Gasteiger partial charge in [-0.1, -0.05) is 0 Å². The van der Waals surface area contributed by atoms with Crippen molar-refractivity contribution in [3.8, 4) is 0 Å². The van der Waals surface area contributed by atoms with Crippen LogP contribution in [0.3, 0.4) is 0 Å². The van der Waals surface area contributed by atoms with Crippen LogP contribution in [0.4, 0.5) is 0 Å². The third-order valence-corrected chi connectivity index (χ3v) is 2.81. The van der Waals surface area contributed by atoms with E-state index in [0.29, 0.717) is 0 Å². The third-order valence-electron chi connectivity index (χ3n) is 0.236. The Bertz CT molecular complexity index is 30.0. The standard InChI is InChI=1S/C3H5.2H2S.Sn/c1-3-2;;;/h3H,1-2H2;2*1H2;/q;;;+1/p-1. The normalized spacial score (nSPS) is 6.17. The van der Waals surface area contributed by atoms with Crippen LogP contribution in [-0.4, -0.2) is 19.8 Å². The molecule has 0 N–H and O–H groups in total. The Hall–Kier alpha value is 1.24. The number of allylic oxidation sites excluding steroid dienone is 1. The van der Waals surface area contributed by atoms with E-state index >= 15 is 0 Å². The third kappa shape index (κ3) is 8.97. The van der Waals surface area contributed by atoms with Crippen molar-refractivity contribution < 1.29 is 0 Å². The second-order valence-corrected chi connectivity index (χ2v) is 4.84. The number of hydrogen-bond donors (Lipinski definition) is 1. The first-order chi connectivity index (χ1) is 2.41. The van der Waals surface area contributed by atoms with Gasteiger partial charge in [-0.3, -0.25) is 0 Å². The minimum absolute atomic E-state index is 0. The Morgan fingerprint density at radius 3 is 2.33 bits per heavy atom. The monoisotopic (exact) mass is 228 g/mol. The van der Waals surface area contributed by atoms with E-state index in [4.69, 9.17) is 0 Å². The molecule has 0 aromatic heterocycles. The molecule has 0 saturated carbocycles. The van der Waals surface area contributed by atoms with Gasteiger partial charge in [0.25, 0.3) is 0 Å². The molecule has 0 aromatic carbocycles. The van der Waals surface area contributed by atoms with Gasteiger partial charge >= 0.3 is 46.7 Å². The van der Waals surface area contributed by atoms with Gasteiger partial charge in [0.2, 0.25) is 0 Å². The molecule has 0 aliphatic heterocycles. The van der Waals surface area contributed by atoms with E-state index in [9.17, 15) is 0 Å². The molecule has 0 aromatic rings. The summed E-state index contributed by atoms with van der Waals surface area (Å²) in [6.07, 6.45) is 1.93. The molecule has 0 heterocycles. The van der Waals surface area contributed by atoms with E-state index in [1.165, 1.54) is 4.44 Å². The number of thiol groups is 1. The van der Waals surface area contributed by atoms with E-state index in [-0.39, 0.29) is 33.3 Å². The Morgan fingerprint density at radius 1 is 1.83 bits per heavy atom. The van der Waals surface area contributed by atoms with Gasteiger partial charge in [-0.05, 0) is 0 Å². The molecule has 3 heteroatoms. The summed E-state index contributed by atoms with van der Waals surface area (Å²) in [5.74, 6) is 0. The molecule has 0 saturated heterocycles. The van der Waals surface area contributed by atoms with Crippen molar-refractivity contribution >= 4 is 43.1 Å². The van der Waals surface area contributed by atoms with Gasteiger partial charge in [0.1, 0.15) is 0 Å².